The molecular weight excluding hydrogens is 344 g/mol. The first kappa shape index (κ1) is 17.4. The summed E-state index contributed by atoms with van der Waals surface area (Å²) in [6.07, 6.45) is 6.17. The number of pyridine rings is 1. The fraction of sp³-hybridized carbons (Fsp3) is 0.429. The van der Waals surface area contributed by atoms with Crippen molar-refractivity contribution in [1.82, 2.24) is 9.88 Å². The van der Waals surface area contributed by atoms with Crippen molar-refractivity contribution in [1.29, 1.82) is 0 Å². The maximum atomic E-state index is 12.5. The van der Waals surface area contributed by atoms with Crippen molar-refractivity contribution in [3.8, 4) is 5.75 Å². The summed E-state index contributed by atoms with van der Waals surface area (Å²) >= 11 is 1.96. The van der Waals surface area contributed by atoms with Gasteiger partial charge in [-0.3, -0.25) is 9.78 Å². The predicted octanol–water partition coefficient (Wildman–Crippen LogP) is 3.49. The van der Waals surface area contributed by atoms with E-state index in [0.717, 1.165) is 37.4 Å². The lowest BCUT2D eigenvalue weighted by Gasteiger charge is -2.47. The van der Waals surface area contributed by atoms with Gasteiger partial charge >= 0.3 is 0 Å². The number of ether oxygens (including phenoxy) is 1. The lowest BCUT2D eigenvalue weighted by atomic mass is 9.92. The lowest BCUT2D eigenvalue weighted by Crippen LogP contribution is -2.60. The third-order valence-electron chi connectivity index (χ3n) is 5.29. The molecule has 0 aliphatic carbocycles. The highest BCUT2D eigenvalue weighted by molar-refractivity contribution is 8.01. The molecule has 4 rings (SSSR count). The molecule has 4 nitrogen and oxygen atoms in total. The summed E-state index contributed by atoms with van der Waals surface area (Å²) in [5.74, 6) is 2.09. The average Bonchev–Trinajstić information content (AvgIpc) is 3.05. The summed E-state index contributed by atoms with van der Waals surface area (Å²) in [6.45, 7) is 3.82. The van der Waals surface area contributed by atoms with Gasteiger partial charge in [-0.15, -0.1) is 11.8 Å². The number of aryl methyl sites for hydroxylation is 2. The molecule has 2 aliphatic heterocycles. The van der Waals surface area contributed by atoms with E-state index in [2.05, 4.69) is 24.0 Å². The van der Waals surface area contributed by atoms with Gasteiger partial charge in [0.1, 0.15) is 11.9 Å². The van der Waals surface area contributed by atoms with Crippen molar-refractivity contribution < 1.29 is 9.53 Å². The zero-order chi connectivity index (χ0) is 18.0. The van der Waals surface area contributed by atoms with E-state index in [0.29, 0.717) is 6.42 Å². The molecule has 0 radical (unpaired) electrons. The molecule has 1 atom stereocenters. The van der Waals surface area contributed by atoms with Crippen molar-refractivity contribution in [2.24, 2.45) is 0 Å². The SMILES string of the molecule is Cc1ccccc1CCC(=O)N1CC2(C[C@@H](Oc3cccnc3)CS2)C1. The van der Waals surface area contributed by atoms with Crippen LogP contribution in [-0.2, 0) is 11.2 Å². The van der Waals surface area contributed by atoms with E-state index in [-0.39, 0.29) is 16.8 Å². The van der Waals surface area contributed by atoms with Crippen LogP contribution in [0.15, 0.2) is 48.8 Å². The first-order valence-corrected chi connectivity index (χ1v) is 10.2. The Balaban J connectivity index is 1.24. The fourth-order valence-electron chi connectivity index (χ4n) is 3.82. The summed E-state index contributed by atoms with van der Waals surface area (Å²) < 4.78 is 6.23. The Bertz CT molecular complexity index is 775. The van der Waals surface area contributed by atoms with Gasteiger partial charge in [0.25, 0.3) is 0 Å². The van der Waals surface area contributed by atoms with Gasteiger partial charge in [0, 0.05) is 37.9 Å². The number of hydrogen-bond donors (Lipinski definition) is 0. The molecule has 5 heteroatoms. The lowest BCUT2D eigenvalue weighted by molar-refractivity contribution is -0.136. The Morgan fingerprint density at radius 3 is 2.92 bits per heavy atom. The highest BCUT2D eigenvalue weighted by Crippen LogP contribution is 2.46. The van der Waals surface area contributed by atoms with Gasteiger partial charge in [-0.1, -0.05) is 24.3 Å². The number of amides is 1. The van der Waals surface area contributed by atoms with Gasteiger partial charge in [0.15, 0.2) is 0 Å². The number of benzene rings is 1. The zero-order valence-corrected chi connectivity index (χ0v) is 15.9. The standard InChI is InChI=1S/C21H24N2O2S/c1-16-5-2-3-6-17(16)8-9-20(24)23-14-21(15-23)11-19(13-26-21)25-18-7-4-10-22-12-18/h2-7,10,12,19H,8-9,11,13-15H2,1H3/t19-/m1/s1. The van der Waals surface area contributed by atoms with Crippen LogP contribution >= 0.6 is 11.8 Å². The van der Waals surface area contributed by atoms with E-state index in [4.69, 9.17) is 4.74 Å². The summed E-state index contributed by atoms with van der Waals surface area (Å²) in [5, 5.41) is 0. The molecule has 0 saturated carbocycles. The summed E-state index contributed by atoms with van der Waals surface area (Å²) in [7, 11) is 0. The summed E-state index contributed by atoms with van der Waals surface area (Å²) in [4.78, 5) is 18.6. The van der Waals surface area contributed by atoms with E-state index >= 15 is 0 Å². The summed E-state index contributed by atoms with van der Waals surface area (Å²) in [6, 6.07) is 12.2. The topological polar surface area (TPSA) is 42.4 Å². The minimum Gasteiger partial charge on any atom is -0.488 e. The Hall–Kier alpha value is -2.01. The Kier molecular flexibility index (Phi) is 4.90. The van der Waals surface area contributed by atoms with E-state index in [9.17, 15) is 4.79 Å². The van der Waals surface area contributed by atoms with Gasteiger partial charge in [-0.2, -0.15) is 0 Å². The fourth-order valence-corrected chi connectivity index (χ4v) is 5.35. The van der Waals surface area contributed by atoms with Crippen LogP contribution in [0.2, 0.25) is 0 Å². The Morgan fingerprint density at radius 1 is 1.31 bits per heavy atom. The highest BCUT2D eigenvalue weighted by atomic mass is 32.2. The largest absolute Gasteiger partial charge is 0.488 e. The second-order valence-corrected chi connectivity index (χ2v) is 8.79. The smallest absolute Gasteiger partial charge is 0.222 e. The maximum absolute atomic E-state index is 12.5. The number of carbonyl (C=O) groups excluding carboxylic acids is 1. The van der Waals surface area contributed by atoms with Crippen molar-refractivity contribution in [3.63, 3.8) is 0 Å². The molecule has 0 bridgehead atoms. The van der Waals surface area contributed by atoms with Gasteiger partial charge in [-0.25, -0.2) is 0 Å². The van der Waals surface area contributed by atoms with Crippen molar-refractivity contribution in [2.45, 2.75) is 37.0 Å². The van der Waals surface area contributed by atoms with E-state index in [1.165, 1.54) is 11.1 Å². The van der Waals surface area contributed by atoms with Crippen molar-refractivity contribution in [3.05, 3.63) is 59.9 Å². The number of nitrogens with zero attached hydrogens (tertiary/aromatic N) is 2. The third-order valence-corrected chi connectivity index (χ3v) is 6.87. The normalized spacial score (nSPS) is 20.8. The van der Waals surface area contributed by atoms with Crippen molar-refractivity contribution >= 4 is 17.7 Å². The number of thioether (sulfide) groups is 1. The molecule has 3 heterocycles. The first-order valence-electron chi connectivity index (χ1n) is 9.16. The number of likely N-dealkylation sites (tertiary alicyclic amines) is 1. The van der Waals surface area contributed by atoms with Crippen LogP contribution in [0.5, 0.6) is 5.75 Å². The molecule has 0 unspecified atom stereocenters. The molecule has 1 amide bonds. The maximum Gasteiger partial charge on any atom is 0.222 e. The molecule has 136 valence electrons. The van der Waals surface area contributed by atoms with Crippen LogP contribution in [0.4, 0.5) is 0 Å². The van der Waals surface area contributed by atoms with Gasteiger partial charge in [-0.05, 0) is 36.6 Å². The highest BCUT2D eigenvalue weighted by Gasteiger charge is 2.51. The van der Waals surface area contributed by atoms with Crippen LogP contribution < -0.4 is 4.74 Å². The number of rotatable bonds is 5. The molecule has 2 saturated heterocycles. The molecule has 2 fully saturated rings. The quantitative estimate of drug-likeness (QED) is 0.810. The van der Waals surface area contributed by atoms with Crippen molar-refractivity contribution in [2.75, 3.05) is 18.8 Å². The molecule has 1 spiro atoms. The second kappa shape index (κ2) is 7.31. The number of hydrogen-bond acceptors (Lipinski definition) is 4. The molecule has 1 aromatic carbocycles. The van der Waals surface area contributed by atoms with Crippen LogP contribution in [0.1, 0.15) is 24.0 Å². The minimum atomic E-state index is 0.200. The van der Waals surface area contributed by atoms with Crippen LogP contribution in [0, 0.1) is 6.92 Å². The molecule has 2 aliphatic rings. The van der Waals surface area contributed by atoms with Crippen LogP contribution in [0.3, 0.4) is 0 Å². The van der Waals surface area contributed by atoms with E-state index < -0.39 is 0 Å². The Labute approximate surface area is 159 Å². The molecule has 26 heavy (non-hydrogen) atoms. The molecule has 0 N–H and O–H groups in total. The van der Waals surface area contributed by atoms with Crippen LogP contribution in [0.25, 0.3) is 0 Å². The van der Waals surface area contributed by atoms with Gasteiger partial charge in [0.05, 0.1) is 10.9 Å². The predicted molar refractivity (Wildman–Crippen MR) is 105 cm³/mol. The number of carbonyl (C=O) groups is 1. The number of aromatic nitrogens is 1. The molecule has 2 aromatic rings. The molecular formula is C21H24N2O2S. The monoisotopic (exact) mass is 368 g/mol. The van der Waals surface area contributed by atoms with E-state index in [1.807, 2.05) is 40.9 Å². The third kappa shape index (κ3) is 3.73. The minimum absolute atomic E-state index is 0.200. The van der Waals surface area contributed by atoms with Gasteiger partial charge in [0.2, 0.25) is 5.91 Å². The zero-order valence-electron chi connectivity index (χ0n) is 15.1. The molecule has 1 aromatic heterocycles. The van der Waals surface area contributed by atoms with E-state index in [1.54, 1.807) is 12.4 Å². The first-order chi connectivity index (χ1) is 12.6. The summed E-state index contributed by atoms with van der Waals surface area (Å²) in [5.41, 5.74) is 2.54. The van der Waals surface area contributed by atoms with Crippen LogP contribution in [-0.4, -0.2) is 45.5 Å². The Morgan fingerprint density at radius 2 is 2.15 bits per heavy atom. The van der Waals surface area contributed by atoms with Gasteiger partial charge < -0.3 is 9.64 Å². The second-order valence-electron chi connectivity index (χ2n) is 7.30. The average molecular weight is 369 g/mol.